The molecule has 0 spiro atoms. The molecule has 0 aliphatic carbocycles. The second kappa shape index (κ2) is 6.29. The molecule has 1 fully saturated rings. The van der Waals surface area contributed by atoms with E-state index in [4.69, 9.17) is 9.47 Å². The van der Waals surface area contributed by atoms with E-state index in [1.807, 2.05) is 0 Å². The van der Waals surface area contributed by atoms with Crippen LogP contribution in [0.2, 0.25) is 0 Å². The van der Waals surface area contributed by atoms with Crippen molar-refractivity contribution in [3.05, 3.63) is 60.7 Å². The summed E-state index contributed by atoms with van der Waals surface area (Å²) in [5.41, 5.74) is 0. The number of ether oxygens (including phenoxy) is 2. The van der Waals surface area contributed by atoms with Gasteiger partial charge in [0, 0.05) is 0 Å². The molecule has 0 bridgehead atoms. The van der Waals surface area contributed by atoms with Crippen LogP contribution in [0.4, 0.5) is 0 Å². The first-order valence-electron chi connectivity index (χ1n) is 6.54. The van der Waals surface area contributed by atoms with Crippen molar-refractivity contribution in [2.75, 3.05) is 19.8 Å². The molecule has 0 radical (unpaired) electrons. The first-order chi connectivity index (χ1) is 9.45. The summed E-state index contributed by atoms with van der Waals surface area (Å²) < 4.78 is 11.5. The Morgan fingerprint density at radius 2 is 1.37 bits per heavy atom. The van der Waals surface area contributed by atoms with E-state index in [0.29, 0.717) is 19.8 Å². The zero-order valence-electron chi connectivity index (χ0n) is 10.7. The maximum Gasteiger partial charge on any atom is 0.108 e. The van der Waals surface area contributed by atoms with E-state index in [0.717, 1.165) is 0 Å². The monoisotopic (exact) mass is 272 g/mol. The first-order valence-corrected chi connectivity index (χ1v) is 7.95. The molecule has 3 rings (SSSR count). The molecule has 1 heterocycles. The molecule has 1 atom stereocenters. The molecule has 1 saturated heterocycles. The zero-order chi connectivity index (χ0) is 12.9. The maximum atomic E-state index is 5.95. The molecule has 0 amide bonds. The van der Waals surface area contributed by atoms with E-state index in [9.17, 15) is 0 Å². The van der Waals surface area contributed by atoms with Crippen molar-refractivity contribution < 1.29 is 9.47 Å². The average molecular weight is 272 g/mol. The van der Waals surface area contributed by atoms with E-state index < -0.39 is 7.92 Å². The average Bonchev–Trinajstić information content (AvgIpc) is 2.51. The normalized spacial score (nSPS) is 19.5. The fourth-order valence-electron chi connectivity index (χ4n) is 2.28. The van der Waals surface area contributed by atoms with Gasteiger partial charge in [0.2, 0.25) is 0 Å². The van der Waals surface area contributed by atoms with Gasteiger partial charge in [-0.15, -0.1) is 0 Å². The third kappa shape index (κ3) is 3.03. The van der Waals surface area contributed by atoms with Crippen LogP contribution in [0.1, 0.15) is 0 Å². The second-order valence-corrected chi connectivity index (χ2v) is 6.79. The summed E-state index contributed by atoms with van der Waals surface area (Å²) in [5.74, 6) is 0.161. The van der Waals surface area contributed by atoms with Crippen LogP contribution in [0.15, 0.2) is 60.7 Å². The third-order valence-electron chi connectivity index (χ3n) is 3.16. The quantitative estimate of drug-likeness (QED) is 0.799. The summed E-state index contributed by atoms with van der Waals surface area (Å²) in [5, 5.41) is 2.69. The van der Waals surface area contributed by atoms with Gasteiger partial charge < -0.3 is 9.47 Å². The molecule has 19 heavy (non-hydrogen) atoms. The van der Waals surface area contributed by atoms with Crippen LogP contribution in [0.3, 0.4) is 0 Å². The summed E-state index contributed by atoms with van der Waals surface area (Å²) in [4.78, 5) is 0. The van der Waals surface area contributed by atoms with E-state index in [1.165, 1.54) is 10.6 Å². The zero-order valence-corrected chi connectivity index (χ0v) is 11.6. The molecular weight excluding hydrogens is 255 g/mol. The number of hydrogen-bond donors (Lipinski definition) is 0. The number of benzene rings is 2. The maximum absolute atomic E-state index is 5.95. The summed E-state index contributed by atoms with van der Waals surface area (Å²) in [6.45, 7) is 2.10. The van der Waals surface area contributed by atoms with E-state index in [-0.39, 0.29) is 5.85 Å². The topological polar surface area (TPSA) is 18.5 Å². The Labute approximate surface area is 115 Å². The standard InChI is InChI=1S/C16H17O2P/c1-3-7-14(8-4-1)19(15-9-5-2-6-10-15)16-13-17-11-12-18-16/h1-10,16H,11-13H2. The molecule has 0 N–H and O–H groups in total. The lowest BCUT2D eigenvalue weighted by Gasteiger charge is -2.31. The van der Waals surface area contributed by atoms with Crippen molar-refractivity contribution in [3.8, 4) is 0 Å². The summed E-state index contributed by atoms with van der Waals surface area (Å²) in [7, 11) is -0.516. The van der Waals surface area contributed by atoms with Crippen molar-refractivity contribution >= 4 is 18.5 Å². The van der Waals surface area contributed by atoms with Crippen molar-refractivity contribution in [2.45, 2.75) is 5.85 Å². The van der Waals surface area contributed by atoms with Gasteiger partial charge in [-0.25, -0.2) is 0 Å². The van der Waals surface area contributed by atoms with Gasteiger partial charge in [-0.3, -0.25) is 0 Å². The fraction of sp³-hybridized carbons (Fsp3) is 0.250. The fourth-order valence-corrected chi connectivity index (χ4v) is 4.74. The lowest BCUT2D eigenvalue weighted by atomic mass is 10.4. The molecule has 0 aromatic heterocycles. The lowest BCUT2D eigenvalue weighted by molar-refractivity contribution is -0.0516. The molecule has 98 valence electrons. The smallest absolute Gasteiger partial charge is 0.108 e. The van der Waals surface area contributed by atoms with Crippen molar-refractivity contribution in [2.24, 2.45) is 0 Å². The Bertz CT molecular complexity index is 455. The van der Waals surface area contributed by atoms with Gasteiger partial charge in [-0.05, 0) is 18.5 Å². The van der Waals surface area contributed by atoms with Crippen LogP contribution in [-0.4, -0.2) is 25.7 Å². The van der Waals surface area contributed by atoms with Crippen molar-refractivity contribution in [3.63, 3.8) is 0 Å². The minimum Gasteiger partial charge on any atom is -0.376 e. The van der Waals surface area contributed by atoms with Crippen LogP contribution in [-0.2, 0) is 9.47 Å². The van der Waals surface area contributed by atoms with E-state index >= 15 is 0 Å². The largest absolute Gasteiger partial charge is 0.376 e. The second-order valence-electron chi connectivity index (χ2n) is 4.44. The predicted octanol–water partition coefficient (Wildman–Crippen LogP) is 2.49. The van der Waals surface area contributed by atoms with Crippen LogP contribution in [0.25, 0.3) is 0 Å². The van der Waals surface area contributed by atoms with E-state index in [2.05, 4.69) is 60.7 Å². The Morgan fingerprint density at radius 3 is 1.84 bits per heavy atom. The molecule has 3 heteroatoms. The van der Waals surface area contributed by atoms with Gasteiger partial charge in [-0.1, -0.05) is 60.7 Å². The van der Waals surface area contributed by atoms with Crippen LogP contribution < -0.4 is 10.6 Å². The van der Waals surface area contributed by atoms with Crippen LogP contribution in [0, 0.1) is 0 Å². The molecule has 2 aromatic rings. The van der Waals surface area contributed by atoms with Gasteiger partial charge in [0.25, 0.3) is 0 Å². The first kappa shape index (κ1) is 12.8. The van der Waals surface area contributed by atoms with Crippen molar-refractivity contribution in [1.29, 1.82) is 0 Å². The summed E-state index contributed by atoms with van der Waals surface area (Å²) in [6.07, 6.45) is 0. The van der Waals surface area contributed by atoms with Gasteiger partial charge in [0.1, 0.15) is 5.85 Å². The number of hydrogen-bond acceptors (Lipinski definition) is 2. The molecular formula is C16H17O2P. The Morgan fingerprint density at radius 1 is 0.789 bits per heavy atom. The third-order valence-corrected chi connectivity index (χ3v) is 5.74. The molecule has 1 aliphatic heterocycles. The highest BCUT2D eigenvalue weighted by Crippen LogP contribution is 2.40. The van der Waals surface area contributed by atoms with Gasteiger partial charge in [0.05, 0.1) is 19.8 Å². The highest BCUT2D eigenvalue weighted by atomic mass is 31.1. The van der Waals surface area contributed by atoms with Gasteiger partial charge in [-0.2, -0.15) is 0 Å². The van der Waals surface area contributed by atoms with Crippen LogP contribution >= 0.6 is 7.92 Å². The molecule has 0 saturated carbocycles. The SMILES string of the molecule is c1ccc(P(c2ccccc2)C2COCCO2)cc1. The highest BCUT2D eigenvalue weighted by Gasteiger charge is 2.27. The van der Waals surface area contributed by atoms with E-state index in [1.54, 1.807) is 0 Å². The highest BCUT2D eigenvalue weighted by molar-refractivity contribution is 7.73. The Kier molecular flexibility index (Phi) is 4.24. The summed E-state index contributed by atoms with van der Waals surface area (Å²) in [6, 6.07) is 21.3. The predicted molar refractivity (Wildman–Crippen MR) is 79.6 cm³/mol. The van der Waals surface area contributed by atoms with Crippen LogP contribution in [0.5, 0.6) is 0 Å². The number of rotatable bonds is 3. The minimum atomic E-state index is -0.516. The van der Waals surface area contributed by atoms with Crippen molar-refractivity contribution in [1.82, 2.24) is 0 Å². The van der Waals surface area contributed by atoms with Gasteiger partial charge >= 0.3 is 0 Å². The van der Waals surface area contributed by atoms with Gasteiger partial charge in [0.15, 0.2) is 0 Å². The molecule has 2 aromatic carbocycles. The molecule has 1 unspecified atom stereocenters. The molecule has 1 aliphatic rings. The minimum absolute atomic E-state index is 0.161. The summed E-state index contributed by atoms with van der Waals surface area (Å²) >= 11 is 0. The Balaban J connectivity index is 1.96. The Hall–Kier alpha value is -1.21. The molecule has 2 nitrogen and oxygen atoms in total. The lowest BCUT2D eigenvalue weighted by Crippen LogP contribution is -2.33.